The van der Waals surface area contributed by atoms with Crippen LogP contribution in [0.4, 0.5) is 10.5 Å². The molecule has 0 radical (unpaired) electrons. The van der Waals surface area contributed by atoms with Gasteiger partial charge in [-0.05, 0) is 42.0 Å². The number of rotatable bonds is 7. The number of carbonyl (C=O) groups is 1. The highest BCUT2D eigenvalue weighted by Crippen LogP contribution is 2.39. The van der Waals surface area contributed by atoms with Crippen molar-refractivity contribution in [2.24, 2.45) is 0 Å². The number of anilines is 1. The molecule has 10 heteroatoms. The van der Waals surface area contributed by atoms with Crippen LogP contribution < -0.4 is 9.64 Å². The van der Waals surface area contributed by atoms with Crippen molar-refractivity contribution < 1.29 is 19.0 Å². The molecule has 5 rings (SSSR count). The molecular formula is C24H26ClN5O4. The zero-order chi connectivity index (χ0) is 23.5. The van der Waals surface area contributed by atoms with Gasteiger partial charge < -0.3 is 14.2 Å². The molecule has 0 unspecified atom stereocenters. The van der Waals surface area contributed by atoms with Crippen LogP contribution in [0.2, 0.25) is 5.02 Å². The summed E-state index contributed by atoms with van der Waals surface area (Å²) in [5, 5.41) is 9.22. The van der Waals surface area contributed by atoms with E-state index in [1.807, 2.05) is 42.6 Å². The van der Waals surface area contributed by atoms with E-state index >= 15 is 0 Å². The Morgan fingerprint density at radius 3 is 2.71 bits per heavy atom. The van der Waals surface area contributed by atoms with Crippen LogP contribution in [0.3, 0.4) is 0 Å². The highest BCUT2D eigenvalue weighted by atomic mass is 35.5. The van der Waals surface area contributed by atoms with Crippen LogP contribution in [-0.4, -0.2) is 65.5 Å². The first-order valence-electron chi connectivity index (χ1n) is 11.2. The Morgan fingerprint density at radius 2 is 1.94 bits per heavy atom. The highest BCUT2D eigenvalue weighted by molar-refractivity contribution is 6.30. The molecule has 3 heterocycles. The molecule has 2 aromatic carbocycles. The number of aromatic nitrogens is 3. The van der Waals surface area contributed by atoms with Gasteiger partial charge in [-0.3, -0.25) is 9.80 Å². The van der Waals surface area contributed by atoms with Crippen molar-refractivity contribution >= 4 is 23.4 Å². The number of nitrogens with zero attached hydrogens (tertiary/aromatic N) is 5. The number of hydrogen-bond acceptors (Lipinski definition) is 7. The van der Waals surface area contributed by atoms with Crippen molar-refractivity contribution in [1.82, 2.24) is 19.9 Å². The summed E-state index contributed by atoms with van der Waals surface area (Å²) in [6, 6.07) is 14.4. The normalized spacial score (nSPS) is 21.0. The first kappa shape index (κ1) is 22.6. The van der Waals surface area contributed by atoms with Gasteiger partial charge in [-0.15, -0.1) is 5.10 Å². The number of halogens is 1. The largest absolute Gasteiger partial charge is 0.497 e. The number of methoxy groups -OCH3 is 1. The van der Waals surface area contributed by atoms with E-state index in [0.29, 0.717) is 29.5 Å². The Hall–Kier alpha value is -3.14. The fraction of sp³-hybridized carbons (Fsp3) is 0.375. The highest BCUT2D eigenvalue weighted by Gasteiger charge is 2.44. The van der Waals surface area contributed by atoms with Crippen molar-refractivity contribution in [3.63, 3.8) is 0 Å². The molecule has 34 heavy (non-hydrogen) atoms. The molecule has 2 aliphatic heterocycles. The summed E-state index contributed by atoms with van der Waals surface area (Å²) in [7, 11) is 1.62. The van der Waals surface area contributed by atoms with Gasteiger partial charge in [0.1, 0.15) is 17.9 Å². The Kier molecular flexibility index (Phi) is 6.66. The predicted molar refractivity (Wildman–Crippen MR) is 126 cm³/mol. The molecule has 1 amide bonds. The molecule has 0 saturated carbocycles. The minimum atomic E-state index is -0.478. The fourth-order valence-corrected chi connectivity index (χ4v) is 4.52. The van der Waals surface area contributed by atoms with Crippen molar-refractivity contribution in [2.45, 2.75) is 25.2 Å². The van der Waals surface area contributed by atoms with E-state index in [4.69, 9.17) is 25.8 Å². The summed E-state index contributed by atoms with van der Waals surface area (Å²) >= 11 is 6.08. The standard InChI is InChI=1S/C24H26ClN5O4/c1-32-21-4-2-3-17(13-21)23-22(34-24(31)30(23)20-7-5-18(25)6-8-20)16-29-15-19(26-27-29)14-28-9-11-33-12-10-28/h2-8,13,15,22-23H,9-12,14,16H2,1H3/t22-,23-/m0/s1. The van der Waals surface area contributed by atoms with Crippen LogP contribution in [0, 0.1) is 0 Å². The Morgan fingerprint density at radius 1 is 1.15 bits per heavy atom. The van der Waals surface area contributed by atoms with Crippen molar-refractivity contribution in [2.75, 3.05) is 38.3 Å². The van der Waals surface area contributed by atoms with E-state index in [1.165, 1.54) is 0 Å². The maximum Gasteiger partial charge on any atom is 0.415 e. The molecule has 2 fully saturated rings. The fourth-order valence-electron chi connectivity index (χ4n) is 4.40. The molecule has 2 aliphatic rings. The van der Waals surface area contributed by atoms with E-state index in [1.54, 1.807) is 28.8 Å². The lowest BCUT2D eigenvalue weighted by Gasteiger charge is -2.25. The Balaban J connectivity index is 1.41. The van der Waals surface area contributed by atoms with Crippen LogP contribution in [0.5, 0.6) is 5.75 Å². The lowest BCUT2D eigenvalue weighted by molar-refractivity contribution is 0.0336. The molecule has 0 spiro atoms. The van der Waals surface area contributed by atoms with Gasteiger partial charge in [0.25, 0.3) is 0 Å². The number of hydrogen-bond donors (Lipinski definition) is 0. The maximum atomic E-state index is 13.0. The van der Waals surface area contributed by atoms with Crippen molar-refractivity contribution in [3.05, 3.63) is 71.0 Å². The zero-order valence-electron chi connectivity index (χ0n) is 18.8. The number of ether oxygens (including phenoxy) is 3. The van der Waals surface area contributed by atoms with Gasteiger partial charge in [0.15, 0.2) is 0 Å². The van der Waals surface area contributed by atoms with Crippen molar-refractivity contribution in [1.29, 1.82) is 0 Å². The molecule has 9 nitrogen and oxygen atoms in total. The van der Waals surface area contributed by atoms with Gasteiger partial charge >= 0.3 is 6.09 Å². The van der Waals surface area contributed by atoms with Gasteiger partial charge in [0, 0.05) is 36.5 Å². The van der Waals surface area contributed by atoms with Crippen LogP contribution in [-0.2, 0) is 22.6 Å². The second-order valence-corrected chi connectivity index (χ2v) is 8.75. The average Bonchev–Trinajstić information content (AvgIpc) is 3.43. The summed E-state index contributed by atoms with van der Waals surface area (Å²) in [5.74, 6) is 0.709. The Bertz CT molecular complexity index is 1130. The third-order valence-corrected chi connectivity index (χ3v) is 6.31. The quantitative estimate of drug-likeness (QED) is 0.508. The number of amides is 1. The molecule has 0 N–H and O–H groups in total. The molecule has 178 valence electrons. The van der Waals surface area contributed by atoms with E-state index < -0.39 is 12.2 Å². The molecule has 2 atom stereocenters. The lowest BCUT2D eigenvalue weighted by Crippen LogP contribution is -2.35. The molecule has 0 bridgehead atoms. The summed E-state index contributed by atoms with van der Waals surface area (Å²) < 4.78 is 18.4. The first-order chi connectivity index (χ1) is 16.6. The third kappa shape index (κ3) is 4.86. The van der Waals surface area contributed by atoms with Crippen LogP contribution >= 0.6 is 11.6 Å². The summed E-state index contributed by atoms with van der Waals surface area (Å²) in [5.41, 5.74) is 2.48. The molecule has 3 aromatic rings. The topological polar surface area (TPSA) is 82.0 Å². The number of benzene rings is 2. The molecule has 1 aromatic heterocycles. The smallest absolute Gasteiger partial charge is 0.415 e. The van der Waals surface area contributed by atoms with Gasteiger partial charge in [-0.1, -0.05) is 28.9 Å². The second kappa shape index (κ2) is 10.0. The number of morpholine rings is 1. The zero-order valence-corrected chi connectivity index (χ0v) is 19.6. The average molecular weight is 484 g/mol. The maximum absolute atomic E-state index is 13.0. The van der Waals surface area contributed by atoms with Crippen molar-refractivity contribution in [3.8, 4) is 5.75 Å². The third-order valence-electron chi connectivity index (χ3n) is 6.06. The number of cyclic esters (lactones) is 1. The summed E-state index contributed by atoms with van der Waals surface area (Å²) in [4.78, 5) is 17.0. The summed E-state index contributed by atoms with van der Waals surface area (Å²) in [6.07, 6.45) is 1.01. The molecule has 2 saturated heterocycles. The minimum Gasteiger partial charge on any atom is -0.497 e. The lowest BCUT2D eigenvalue weighted by atomic mass is 9.99. The number of carbonyl (C=O) groups excluding carboxylic acids is 1. The van der Waals surface area contributed by atoms with E-state index in [-0.39, 0.29) is 6.04 Å². The summed E-state index contributed by atoms with van der Waals surface area (Å²) in [6.45, 7) is 4.30. The van der Waals surface area contributed by atoms with Gasteiger partial charge in [0.2, 0.25) is 0 Å². The molecular weight excluding hydrogens is 458 g/mol. The van der Waals surface area contributed by atoms with Gasteiger partial charge in [-0.25, -0.2) is 9.48 Å². The van der Waals surface area contributed by atoms with Crippen LogP contribution in [0.1, 0.15) is 17.3 Å². The van der Waals surface area contributed by atoms with E-state index in [9.17, 15) is 4.79 Å². The monoisotopic (exact) mass is 483 g/mol. The van der Waals surface area contributed by atoms with E-state index in [2.05, 4.69) is 15.2 Å². The first-order valence-corrected chi connectivity index (χ1v) is 11.6. The van der Waals surface area contributed by atoms with Gasteiger partial charge in [-0.2, -0.15) is 0 Å². The second-order valence-electron chi connectivity index (χ2n) is 8.31. The predicted octanol–water partition coefficient (Wildman–Crippen LogP) is 3.54. The Labute approximate surface area is 202 Å². The van der Waals surface area contributed by atoms with Crippen LogP contribution in [0.25, 0.3) is 0 Å². The minimum absolute atomic E-state index is 0.369. The van der Waals surface area contributed by atoms with Crippen LogP contribution in [0.15, 0.2) is 54.7 Å². The SMILES string of the molecule is COc1cccc([C@H]2[C@H](Cn3cc(CN4CCOCC4)nn3)OC(=O)N2c2ccc(Cl)cc2)c1. The van der Waals surface area contributed by atoms with Gasteiger partial charge in [0.05, 0.1) is 32.6 Å². The van der Waals surface area contributed by atoms with E-state index in [0.717, 1.165) is 37.6 Å². The molecule has 0 aliphatic carbocycles.